The number of carboxylic acid groups (broad SMARTS) is 1. The largest absolute Gasteiger partial charge is 0.469 e. The fourth-order valence-electron chi connectivity index (χ4n) is 0.0330. The highest BCUT2D eigenvalue weighted by molar-refractivity contribution is 8.04. The van der Waals surface area contributed by atoms with E-state index in [0.717, 1.165) is 4.24 Å². The zero-order valence-corrected chi connectivity index (χ0v) is 5.03. The molecular formula is CH2ClNO4S. The van der Waals surface area contributed by atoms with Crippen LogP contribution in [0, 0.1) is 0 Å². The van der Waals surface area contributed by atoms with Crippen LogP contribution in [0.4, 0.5) is 4.79 Å². The van der Waals surface area contributed by atoms with Gasteiger partial charge in [-0.15, -0.1) is 4.24 Å². The third kappa shape index (κ3) is 1.65. The van der Waals surface area contributed by atoms with Gasteiger partial charge in [-0.3, -0.25) is 0 Å². The molecule has 0 aliphatic heterocycles. The molecule has 0 aromatic rings. The molecule has 0 atom stereocenters. The summed E-state index contributed by atoms with van der Waals surface area (Å²) in [5.74, 6) is 0. The molecule has 48 valence electrons. The first kappa shape index (κ1) is 7.67. The van der Waals surface area contributed by atoms with Crippen LogP contribution in [0.15, 0.2) is 0 Å². The van der Waals surface area contributed by atoms with Gasteiger partial charge < -0.3 is 5.11 Å². The van der Waals surface area contributed by atoms with Crippen LogP contribution in [-0.4, -0.2) is 18.8 Å². The van der Waals surface area contributed by atoms with Gasteiger partial charge in [0, 0.05) is 0 Å². The van der Waals surface area contributed by atoms with E-state index < -0.39 is 15.3 Å². The average molecular weight is 160 g/mol. The van der Waals surface area contributed by atoms with Gasteiger partial charge in [-0.1, -0.05) is 0 Å². The van der Waals surface area contributed by atoms with Crippen molar-refractivity contribution in [2.24, 2.45) is 0 Å². The Labute approximate surface area is 50.4 Å². The first-order valence-electron chi connectivity index (χ1n) is 1.36. The molecule has 0 aromatic heterocycles. The predicted molar refractivity (Wildman–Crippen MR) is 25.9 cm³/mol. The highest BCUT2D eigenvalue weighted by Crippen LogP contribution is 1.84. The first-order valence-corrected chi connectivity index (χ1v) is 3.22. The van der Waals surface area contributed by atoms with Gasteiger partial charge in [-0.05, 0) is 11.8 Å². The van der Waals surface area contributed by atoms with E-state index in [9.17, 15) is 13.2 Å². The fraction of sp³-hybridized carbons (Fsp3) is 0. The van der Waals surface area contributed by atoms with E-state index in [1.54, 1.807) is 0 Å². The molecule has 0 aliphatic carbocycles. The molecule has 8 heavy (non-hydrogen) atoms. The van der Waals surface area contributed by atoms with E-state index in [-0.39, 0.29) is 0 Å². The number of nitrogens with one attached hydrogen (secondary N) is 1. The van der Waals surface area contributed by atoms with E-state index in [0.29, 0.717) is 0 Å². The normalized spacial score (nSPS) is 11.1. The summed E-state index contributed by atoms with van der Waals surface area (Å²) in [5.41, 5.74) is 0. The molecule has 0 saturated carbocycles. The Morgan fingerprint density at radius 1 is 1.62 bits per heavy atom. The van der Waals surface area contributed by atoms with Crippen molar-refractivity contribution in [3.05, 3.63) is 0 Å². The van der Waals surface area contributed by atoms with E-state index in [1.807, 2.05) is 0 Å². The number of hydrogen-bond acceptors (Lipinski definition) is 3. The summed E-state index contributed by atoms with van der Waals surface area (Å²) in [4.78, 5) is 9.52. The van der Waals surface area contributed by atoms with Crippen molar-refractivity contribution in [3.8, 4) is 0 Å². The Kier molecular flexibility index (Phi) is 2.20. The summed E-state index contributed by atoms with van der Waals surface area (Å²) in [6, 6.07) is 0. The second kappa shape index (κ2) is 2.29. The highest BCUT2D eigenvalue weighted by Gasteiger charge is 2.17. The van der Waals surface area contributed by atoms with Gasteiger partial charge >= 0.3 is 15.3 Å². The molecule has 0 saturated heterocycles. The SMILES string of the molecule is O=C(O)S(=O)(=O)NCl. The second-order valence-electron chi connectivity index (χ2n) is 0.846. The van der Waals surface area contributed by atoms with Crippen molar-refractivity contribution in [2.45, 2.75) is 0 Å². The maximum absolute atomic E-state index is 9.86. The van der Waals surface area contributed by atoms with Crippen molar-refractivity contribution in [2.75, 3.05) is 0 Å². The summed E-state index contributed by atoms with van der Waals surface area (Å²) in [5, 5.41) is 5.71. The fourth-order valence-corrected chi connectivity index (χ4v) is 0.297. The first-order chi connectivity index (χ1) is 3.50. The molecule has 0 aliphatic rings. The van der Waals surface area contributed by atoms with E-state index in [4.69, 9.17) is 5.11 Å². The smallest absolute Gasteiger partial charge is 0.438 e. The Morgan fingerprint density at radius 3 is 2.00 bits per heavy atom. The van der Waals surface area contributed by atoms with Crippen molar-refractivity contribution in [1.29, 1.82) is 0 Å². The summed E-state index contributed by atoms with van der Waals surface area (Å²) in [7, 11) is -4.30. The zero-order valence-electron chi connectivity index (χ0n) is 3.46. The minimum Gasteiger partial charge on any atom is -0.469 e. The lowest BCUT2D eigenvalue weighted by Crippen LogP contribution is -2.21. The van der Waals surface area contributed by atoms with Gasteiger partial charge in [0.15, 0.2) is 0 Å². The van der Waals surface area contributed by atoms with Crippen LogP contribution in [0.25, 0.3) is 0 Å². The van der Waals surface area contributed by atoms with Crippen LogP contribution < -0.4 is 4.24 Å². The third-order valence-electron chi connectivity index (χ3n) is 0.331. The van der Waals surface area contributed by atoms with Gasteiger partial charge in [0.1, 0.15) is 0 Å². The van der Waals surface area contributed by atoms with Crippen LogP contribution in [0.5, 0.6) is 0 Å². The van der Waals surface area contributed by atoms with Crippen LogP contribution in [-0.2, 0) is 10.0 Å². The number of halogens is 1. The van der Waals surface area contributed by atoms with E-state index >= 15 is 0 Å². The lowest BCUT2D eigenvalue weighted by atomic mass is 11.6. The van der Waals surface area contributed by atoms with Crippen molar-refractivity contribution in [1.82, 2.24) is 4.24 Å². The summed E-state index contributed by atoms with van der Waals surface area (Å²) >= 11 is 4.47. The number of carbonyl (C=O) groups is 1. The van der Waals surface area contributed by atoms with Crippen LogP contribution in [0.2, 0.25) is 0 Å². The minimum absolute atomic E-state index is 1.09. The molecule has 0 fully saturated rings. The molecule has 0 bridgehead atoms. The Morgan fingerprint density at radius 2 is 2.00 bits per heavy atom. The van der Waals surface area contributed by atoms with Gasteiger partial charge in [-0.2, -0.15) is 8.42 Å². The summed E-state index contributed by atoms with van der Waals surface area (Å²) in [6.45, 7) is 0. The molecule has 0 unspecified atom stereocenters. The molecule has 5 nitrogen and oxygen atoms in total. The quantitative estimate of drug-likeness (QED) is 0.517. The van der Waals surface area contributed by atoms with Crippen LogP contribution in [0.3, 0.4) is 0 Å². The number of rotatable bonds is 1. The third-order valence-corrected chi connectivity index (χ3v) is 1.60. The maximum atomic E-state index is 9.86. The molecular weight excluding hydrogens is 158 g/mol. The highest BCUT2D eigenvalue weighted by atomic mass is 35.5. The van der Waals surface area contributed by atoms with Gasteiger partial charge in [0.25, 0.3) is 0 Å². The molecule has 0 spiro atoms. The molecule has 2 N–H and O–H groups in total. The monoisotopic (exact) mass is 159 g/mol. The van der Waals surface area contributed by atoms with Crippen LogP contribution in [0.1, 0.15) is 0 Å². The Hall–Kier alpha value is -0.330. The average Bonchev–Trinajstić information content (AvgIpc) is 1.67. The zero-order chi connectivity index (χ0) is 6.78. The van der Waals surface area contributed by atoms with Gasteiger partial charge in [0.2, 0.25) is 0 Å². The van der Waals surface area contributed by atoms with E-state index in [1.165, 1.54) is 0 Å². The standard InChI is InChI=1S/CH2ClNO4S/c2-3-8(6,7)1(4)5/h3H,(H,4,5). The predicted octanol–water partition coefficient (Wildman–Crippen LogP) is -0.262. The molecule has 0 amide bonds. The second-order valence-corrected chi connectivity index (χ2v) is 2.82. The van der Waals surface area contributed by atoms with Gasteiger partial charge in [0.05, 0.1) is 0 Å². The molecule has 0 aromatic carbocycles. The minimum atomic E-state index is -4.30. The molecule has 0 rings (SSSR count). The van der Waals surface area contributed by atoms with Crippen molar-refractivity contribution >= 4 is 27.1 Å². The van der Waals surface area contributed by atoms with Crippen LogP contribution >= 0.6 is 11.8 Å². The molecule has 0 heterocycles. The summed E-state index contributed by atoms with van der Waals surface area (Å²) in [6.07, 6.45) is 0. The topological polar surface area (TPSA) is 83.5 Å². The Balaban J connectivity index is 4.42. The number of sulfonamides is 1. The summed E-state index contributed by atoms with van der Waals surface area (Å²) < 4.78 is 20.8. The van der Waals surface area contributed by atoms with Gasteiger partial charge in [-0.25, -0.2) is 4.79 Å². The van der Waals surface area contributed by atoms with E-state index in [2.05, 4.69) is 11.8 Å². The van der Waals surface area contributed by atoms with Crippen molar-refractivity contribution in [3.63, 3.8) is 0 Å². The number of hydrogen-bond donors (Lipinski definition) is 2. The Bertz CT molecular complexity index is 182. The maximum Gasteiger partial charge on any atom is 0.438 e. The lowest BCUT2D eigenvalue weighted by Gasteiger charge is -1.87. The van der Waals surface area contributed by atoms with Crippen molar-refractivity contribution < 1.29 is 18.3 Å². The molecule has 0 radical (unpaired) electrons. The lowest BCUT2D eigenvalue weighted by molar-refractivity contribution is 0.219. The molecule has 7 heteroatoms.